The fourth-order valence-electron chi connectivity index (χ4n) is 6.61. The molecule has 0 aromatic heterocycles. The molecule has 8 nitrogen and oxygen atoms in total. The van der Waals surface area contributed by atoms with Crippen molar-refractivity contribution in [3.8, 4) is 11.5 Å². The van der Waals surface area contributed by atoms with Gasteiger partial charge in [-0.25, -0.2) is 14.6 Å². The van der Waals surface area contributed by atoms with Crippen LogP contribution in [0.2, 0.25) is 0 Å². The van der Waals surface area contributed by atoms with Crippen LogP contribution >= 0.6 is 0 Å². The van der Waals surface area contributed by atoms with Gasteiger partial charge >= 0.3 is 5.97 Å². The second kappa shape index (κ2) is 12.4. The molecular weight excluding hydrogens is 534 g/mol. The lowest BCUT2D eigenvalue weighted by atomic mass is 9.70. The first-order valence-electron chi connectivity index (χ1n) is 14.9. The number of esters is 1. The smallest absolute Gasteiger partial charge is 0.339 e. The van der Waals surface area contributed by atoms with Crippen molar-refractivity contribution in [3.05, 3.63) is 95.1 Å². The SMILES string of the molecule is CCCCN1CC(OOC)c2cc3c(cc2[C@@H]2[C@H](OC(=O)C(O)(Cc4ccccc4)Cc4ccccc4)C[C@@H]21)OCO3. The highest BCUT2D eigenvalue weighted by atomic mass is 17.2. The van der Waals surface area contributed by atoms with Crippen LogP contribution in [0.3, 0.4) is 0 Å². The van der Waals surface area contributed by atoms with E-state index < -0.39 is 17.7 Å². The zero-order valence-electron chi connectivity index (χ0n) is 24.2. The standard InChI is InChI=1S/C34H39NO7/c1-3-4-15-35-21-31(42-38-2)25-16-28-29(40-22-39-28)17-26(25)32-27(35)18-30(32)41-33(36)34(37,19-23-11-7-5-8-12-23)20-24-13-9-6-10-14-24/h5-14,16-17,27,30-32,37H,3-4,15,18-22H2,1-2H3/t27-,30+,31?,32-/m0/s1. The topological polar surface area (TPSA) is 86.7 Å². The van der Waals surface area contributed by atoms with E-state index in [1.54, 1.807) is 0 Å². The molecule has 0 amide bonds. The summed E-state index contributed by atoms with van der Waals surface area (Å²) in [5, 5.41) is 12.0. The van der Waals surface area contributed by atoms with Crippen molar-refractivity contribution in [1.82, 2.24) is 4.90 Å². The number of ether oxygens (including phenoxy) is 3. The Morgan fingerprint density at radius 1 is 0.976 bits per heavy atom. The van der Waals surface area contributed by atoms with Crippen LogP contribution in [0.5, 0.6) is 11.5 Å². The van der Waals surface area contributed by atoms with Crippen LogP contribution in [0.15, 0.2) is 72.8 Å². The quantitative estimate of drug-likeness (QED) is 0.192. The van der Waals surface area contributed by atoms with Gasteiger partial charge in [-0.1, -0.05) is 74.0 Å². The van der Waals surface area contributed by atoms with E-state index in [4.69, 9.17) is 24.0 Å². The Bertz CT molecular complexity index is 1320. The lowest BCUT2D eigenvalue weighted by Crippen LogP contribution is -2.57. The van der Waals surface area contributed by atoms with E-state index in [-0.39, 0.29) is 37.7 Å². The number of hydrogen-bond donors (Lipinski definition) is 1. The number of hydrogen-bond acceptors (Lipinski definition) is 8. The number of fused-ring (bicyclic) bond motifs is 4. The average molecular weight is 574 g/mol. The van der Waals surface area contributed by atoms with E-state index in [1.807, 2.05) is 72.8 Å². The molecule has 0 radical (unpaired) electrons. The summed E-state index contributed by atoms with van der Waals surface area (Å²) in [6.07, 6.45) is 2.34. The predicted molar refractivity (Wildman–Crippen MR) is 156 cm³/mol. The molecule has 1 aliphatic carbocycles. The second-order valence-electron chi connectivity index (χ2n) is 11.6. The molecule has 1 saturated carbocycles. The number of aliphatic hydroxyl groups is 1. The van der Waals surface area contributed by atoms with Crippen molar-refractivity contribution in [1.29, 1.82) is 0 Å². The van der Waals surface area contributed by atoms with Gasteiger partial charge in [-0.15, -0.1) is 0 Å². The van der Waals surface area contributed by atoms with E-state index in [2.05, 4.69) is 11.8 Å². The first kappa shape index (κ1) is 28.7. The Morgan fingerprint density at radius 3 is 2.19 bits per heavy atom. The van der Waals surface area contributed by atoms with Crippen molar-refractivity contribution in [3.63, 3.8) is 0 Å². The van der Waals surface area contributed by atoms with E-state index in [1.165, 1.54) is 7.11 Å². The van der Waals surface area contributed by atoms with Gasteiger partial charge in [0.05, 0.1) is 7.11 Å². The summed E-state index contributed by atoms with van der Waals surface area (Å²) < 4.78 is 17.7. The molecule has 0 saturated heterocycles. The fraction of sp³-hybridized carbons (Fsp3) is 0.441. The molecule has 1 unspecified atom stereocenters. The van der Waals surface area contributed by atoms with Crippen LogP contribution in [-0.2, 0) is 32.1 Å². The zero-order chi connectivity index (χ0) is 29.1. The van der Waals surface area contributed by atoms with Gasteiger partial charge in [0.25, 0.3) is 0 Å². The lowest BCUT2D eigenvalue weighted by Gasteiger charge is -2.49. The Hall–Kier alpha value is -3.43. The number of unbranched alkanes of at least 4 members (excludes halogenated alkanes) is 1. The normalized spacial score (nSPS) is 22.9. The van der Waals surface area contributed by atoms with E-state index >= 15 is 0 Å². The summed E-state index contributed by atoms with van der Waals surface area (Å²) in [6, 6.07) is 23.3. The van der Waals surface area contributed by atoms with Gasteiger partial charge in [-0.2, -0.15) is 0 Å². The van der Waals surface area contributed by atoms with E-state index in [0.717, 1.165) is 41.6 Å². The minimum atomic E-state index is -1.72. The highest BCUT2D eigenvalue weighted by molar-refractivity contribution is 5.80. The first-order valence-corrected chi connectivity index (χ1v) is 14.9. The molecule has 6 rings (SSSR count). The summed E-state index contributed by atoms with van der Waals surface area (Å²) >= 11 is 0. The van der Waals surface area contributed by atoms with Crippen LogP contribution in [0.25, 0.3) is 0 Å². The Morgan fingerprint density at radius 2 is 1.60 bits per heavy atom. The molecule has 42 heavy (non-hydrogen) atoms. The second-order valence-corrected chi connectivity index (χ2v) is 11.6. The van der Waals surface area contributed by atoms with Crippen molar-refractivity contribution >= 4 is 5.97 Å². The minimum Gasteiger partial charge on any atom is -0.459 e. The van der Waals surface area contributed by atoms with Gasteiger partial charge in [0, 0.05) is 37.8 Å². The number of nitrogens with zero attached hydrogens (tertiary/aromatic N) is 1. The van der Waals surface area contributed by atoms with Gasteiger partial charge in [0.15, 0.2) is 17.1 Å². The molecule has 3 aromatic rings. The maximum absolute atomic E-state index is 14.0. The molecule has 1 fully saturated rings. The predicted octanol–water partition coefficient (Wildman–Crippen LogP) is 5.13. The molecule has 3 aromatic carbocycles. The van der Waals surface area contributed by atoms with E-state index in [0.29, 0.717) is 24.5 Å². The van der Waals surface area contributed by atoms with Gasteiger partial charge in [-0.05, 0) is 47.4 Å². The van der Waals surface area contributed by atoms with Gasteiger partial charge in [-0.3, -0.25) is 4.90 Å². The molecule has 0 bridgehead atoms. The Balaban J connectivity index is 1.32. The molecule has 2 heterocycles. The largest absolute Gasteiger partial charge is 0.459 e. The zero-order valence-corrected chi connectivity index (χ0v) is 24.2. The maximum atomic E-state index is 14.0. The average Bonchev–Trinajstić information content (AvgIpc) is 3.41. The minimum absolute atomic E-state index is 0.113. The van der Waals surface area contributed by atoms with Crippen LogP contribution in [0, 0.1) is 0 Å². The third-order valence-corrected chi connectivity index (χ3v) is 8.77. The first-order chi connectivity index (χ1) is 20.5. The monoisotopic (exact) mass is 573 g/mol. The van der Waals surface area contributed by atoms with Crippen molar-refractivity contribution < 1.29 is 33.9 Å². The van der Waals surface area contributed by atoms with Gasteiger partial charge in [0.1, 0.15) is 12.2 Å². The van der Waals surface area contributed by atoms with E-state index in [9.17, 15) is 9.90 Å². The molecule has 222 valence electrons. The number of benzene rings is 3. The molecule has 3 aliphatic rings. The summed E-state index contributed by atoms with van der Waals surface area (Å²) in [7, 11) is 1.52. The van der Waals surface area contributed by atoms with Crippen LogP contribution in [0.4, 0.5) is 0 Å². The van der Waals surface area contributed by atoms with Crippen LogP contribution < -0.4 is 9.47 Å². The summed E-state index contributed by atoms with van der Waals surface area (Å²) in [4.78, 5) is 27.4. The van der Waals surface area contributed by atoms with Gasteiger partial charge < -0.3 is 19.3 Å². The fourth-order valence-corrected chi connectivity index (χ4v) is 6.61. The molecule has 4 atom stereocenters. The molecule has 0 spiro atoms. The summed E-state index contributed by atoms with van der Waals surface area (Å²) in [5.41, 5.74) is 1.97. The Kier molecular flexibility index (Phi) is 8.49. The third kappa shape index (κ3) is 5.77. The van der Waals surface area contributed by atoms with Crippen LogP contribution in [0.1, 0.15) is 60.5 Å². The van der Waals surface area contributed by atoms with Crippen molar-refractivity contribution in [2.24, 2.45) is 0 Å². The highest BCUT2D eigenvalue weighted by Gasteiger charge is 2.53. The lowest BCUT2D eigenvalue weighted by molar-refractivity contribution is -0.310. The number of rotatable bonds is 11. The highest BCUT2D eigenvalue weighted by Crippen LogP contribution is 2.51. The summed E-state index contributed by atoms with van der Waals surface area (Å²) in [5.74, 6) is 0.630. The maximum Gasteiger partial charge on any atom is 0.339 e. The number of carbonyl (C=O) groups excluding carboxylic acids is 1. The van der Waals surface area contributed by atoms with Crippen molar-refractivity contribution in [2.75, 3.05) is 27.0 Å². The number of carbonyl (C=O) groups is 1. The van der Waals surface area contributed by atoms with Crippen LogP contribution in [-0.4, -0.2) is 60.7 Å². The molecular formula is C34H39NO7. The molecule has 8 heteroatoms. The van der Waals surface area contributed by atoms with Crippen molar-refractivity contribution in [2.45, 2.75) is 68.8 Å². The summed E-state index contributed by atoms with van der Waals surface area (Å²) in [6.45, 7) is 3.89. The molecule has 2 aliphatic heterocycles. The Labute approximate surface area is 247 Å². The third-order valence-electron chi connectivity index (χ3n) is 8.77. The van der Waals surface area contributed by atoms with Gasteiger partial charge in [0.2, 0.25) is 6.79 Å². The molecule has 1 N–H and O–H groups in total.